The second kappa shape index (κ2) is 8.10. The Labute approximate surface area is 180 Å². The highest BCUT2D eigenvalue weighted by Crippen LogP contribution is 2.38. The fraction of sp³-hybridized carbons (Fsp3) is 0. The molecule has 3 aromatic carbocycles. The van der Waals surface area contributed by atoms with Gasteiger partial charge in [0.25, 0.3) is 0 Å². The van der Waals surface area contributed by atoms with Gasteiger partial charge in [-0.05, 0) is 54.1 Å². The van der Waals surface area contributed by atoms with Gasteiger partial charge in [0.1, 0.15) is 11.6 Å². The summed E-state index contributed by atoms with van der Waals surface area (Å²) in [6, 6.07) is 16.6. The lowest BCUT2D eigenvalue weighted by atomic mass is 10.1. The van der Waals surface area contributed by atoms with E-state index in [4.69, 9.17) is 5.14 Å². The molecular weight excluding hydrogens is 442 g/mol. The van der Waals surface area contributed by atoms with Crippen LogP contribution in [0, 0.1) is 11.6 Å². The summed E-state index contributed by atoms with van der Waals surface area (Å²) in [7, 11) is -3.86. The fourth-order valence-corrected chi connectivity index (χ4v) is 4.51. The molecule has 0 amide bonds. The average Bonchev–Trinajstić information content (AvgIpc) is 3.19. The Bertz CT molecular complexity index is 1360. The number of nitrogens with zero attached hydrogens (tertiary/aromatic N) is 1. The Balaban J connectivity index is 1.83. The van der Waals surface area contributed by atoms with Crippen LogP contribution < -0.4 is 5.14 Å². The normalized spacial score (nSPS) is 11.5. The first-order valence-electron chi connectivity index (χ1n) is 8.92. The second-order valence-corrected chi connectivity index (χ2v) is 9.17. The average molecular weight is 456 g/mol. The summed E-state index contributed by atoms with van der Waals surface area (Å²) in [4.78, 5) is 17.9. The zero-order chi connectivity index (χ0) is 22.2. The molecule has 0 saturated carbocycles. The molecular formula is C22H14F2N2O3S2. The third-order valence-electron chi connectivity index (χ3n) is 4.49. The van der Waals surface area contributed by atoms with E-state index in [1.54, 1.807) is 12.1 Å². The Morgan fingerprint density at radius 2 is 1.32 bits per heavy atom. The van der Waals surface area contributed by atoms with E-state index >= 15 is 0 Å². The number of ketones is 1. The van der Waals surface area contributed by atoms with Gasteiger partial charge < -0.3 is 0 Å². The standard InChI is InChI=1S/C22H14F2N2O3S2/c23-16-7-1-14(2-8-16)20(27)22-26-19(13-5-11-18(12-6-13)31(25,28)29)21(30-22)15-3-9-17(24)10-4-15/h1-12H,(H2,25,28,29). The van der Waals surface area contributed by atoms with Gasteiger partial charge in [-0.25, -0.2) is 27.3 Å². The van der Waals surface area contributed by atoms with Gasteiger partial charge in [-0.15, -0.1) is 11.3 Å². The summed E-state index contributed by atoms with van der Waals surface area (Å²) in [5, 5.41) is 5.31. The van der Waals surface area contributed by atoms with Crippen LogP contribution >= 0.6 is 11.3 Å². The van der Waals surface area contributed by atoms with Gasteiger partial charge >= 0.3 is 0 Å². The van der Waals surface area contributed by atoms with Crippen molar-refractivity contribution in [2.75, 3.05) is 0 Å². The number of hydrogen-bond donors (Lipinski definition) is 1. The maximum atomic E-state index is 13.4. The van der Waals surface area contributed by atoms with Crippen LogP contribution in [0.25, 0.3) is 21.7 Å². The quantitative estimate of drug-likeness (QED) is 0.443. The first-order valence-corrected chi connectivity index (χ1v) is 11.3. The molecule has 0 spiro atoms. The molecule has 4 aromatic rings. The van der Waals surface area contributed by atoms with Gasteiger partial charge in [0.05, 0.1) is 15.5 Å². The zero-order valence-corrected chi connectivity index (χ0v) is 17.4. The highest BCUT2D eigenvalue weighted by atomic mass is 32.2. The lowest BCUT2D eigenvalue weighted by Crippen LogP contribution is -2.11. The van der Waals surface area contributed by atoms with Gasteiger partial charge in [-0.3, -0.25) is 4.79 Å². The maximum Gasteiger partial charge on any atom is 0.238 e. The molecule has 0 fully saturated rings. The van der Waals surface area contributed by atoms with Gasteiger partial charge in [-0.1, -0.05) is 24.3 Å². The zero-order valence-electron chi connectivity index (χ0n) is 15.7. The highest BCUT2D eigenvalue weighted by Gasteiger charge is 2.21. The van der Waals surface area contributed by atoms with Crippen molar-refractivity contribution in [3.8, 4) is 21.7 Å². The number of aromatic nitrogens is 1. The first kappa shape index (κ1) is 21.0. The molecule has 31 heavy (non-hydrogen) atoms. The molecule has 0 unspecified atom stereocenters. The molecule has 0 aliphatic rings. The van der Waals surface area contributed by atoms with E-state index in [-0.39, 0.29) is 21.2 Å². The van der Waals surface area contributed by atoms with Crippen LogP contribution in [0.15, 0.2) is 77.7 Å². The molecule has 5 nitrogen and oxygen atoms in total. The van der Waals surface area contributed by atoms with Crippen molar-refractivity contribution in [2.24, 2.45) is 5.14 Å². The van der Waals surface area contributed by atoms with E-state index in [2.05, 4.69) is 4.98 Å². The maximum absolute atomic E-state index is 13.4. The van der Waals surface area contributed by atoms with Crippen LogP contribution in [0.3, 0.4) is 0 Å². The number of rotatable bonds is 5. The second-order valence-electron chi connectivity index (χ2n) is 6.61. The molecule has 4 rings (SSSR count). The van der Waals surface area contributed by atoms with E-state index in [1.807, 2.05) is 0 Å². The molecule has 0 bridgehead atoms. The third-order valence-corrected chi connectivity index (χ3v) is 6.52. The smallest absolute Gasteiger partial charge is 0.238 e. The molecule has 0 saturated heterocycles. The number of benzene rings is 3. The van der Waals surface area contributed by atoms with Crippen molar-refractivity contribution in [2.45, 2.75) is 4.90 Å². The van der Waals surface area contributed by atoms with E-state index in [0.717, 1.165) is 11.3 Å². The monoisotopic (exact) mass is 456 g/mol. The number of halogens is 2. The number of carbonyl (C=O) groups is 1. The fourth-order valence-electron chi connectivity index (χ4n) is 2.94. The van der Waals surface area contributed by atoms with Crippen molar-refractivity contribution < 1.29 is 22.0 Å². The van der Waals surface area contributed by atoms with Crippen LogP contribution in [0.2, 0.25) is 0 Å². The highest BCUT2D eigenvalue weighted by molar-refractivity contribution is 7.89. The predicted octanol–water partition coefficient (Wildman–Crippen LogP) is 4.63. The van der Waals surface area contributed by atoms with Crippen molar-refractivity contribution >= 4 is 27.1 Å². The number of hydrogen-bond acceptors (Lipinski definition) is 5. The van der Waals surface area contributed by atoms with Crippen LogP contribution in [-0.2, 0) is 10.0 Å². The number of nitrogens with two attached hydrogens (primary N) is 1. The van der Waals surface area contributed by atoms with Crippen molar-refractivity contribution in [3.05, 3.63) is 95.0 Å². The summed E-state index contributed by atoms with van der Waals surface area (Å²) in [5.41, 5.74) is 1.91. The number of thiazole rings is 1. The molecule has 156 valence electrons. The number of sulfonamides is 1. The SMILES string of the molecule is NS(=O)(=O)c1ccc(-c2nc(C(=O)c3ccc(F)cc3)sc2-c2ccc(F)cc2)cc1. The van der Waals surface area contributed by atoms with E-state index < -0.39 is 21.7 Å². The molecule has 2 N–H and O–H groups in total. The molecule has 0 aliphatic heterocycles. The summed E-state index contributed by atoms with van der Waals surface area (Å²) >= 11 is 1.11. The van der Waals surface area contributed by atoms with Gasteiger partial charge in [-0.2, -0.15) is 0 Å². The molecule has 0 atom stereocenters. The van der Waals surface area contributed by atoms with E-state index in [0.29, 0.717) is 21.7 Å². The summed E-state index contributed by atoms with van der Waals surface area (Å²) in [6.45, 7) is 0. The Morgan fingerprint density at radius 3 is 1.87 bits per heavy atom. The van der Waals surface area contributed by atoms with E-state index in [9.17, 15) is 22.0 Å². The summed E-state index contributed by atoms with van der Waals surface area (Å²) in [5.74, 6) is -1.26. The van der Waals surface area contributed by atoms with Crippen LogP contribution in [0.4, 0.5) is 8.78 Å². The Kier molecular flexibility index (Phi) is 5.48. The minimum absolute atomic E-state index is 0.0579. The lowest BCUT2D eigenvalue weighted by Gasteiger charge is -2.04. The van der Waals surface area contributed by atoms with E-state index in [1.165, 1.54) is 60.7 Å². The third kappa shape index (κ3) is 4.43. The minimum Gasteiger partial charge on any atom is -0.286 e. The molecule has 1 aromatic heterocycles. The van der Waals surface area contributed by atoms with Crippen LogP contribution in [0.5, 0.6) is 0 Å². The molecule has 9 heteroatoms. The van der Waals surface area contributed by atoms with Gasteiger partial charge in [0.15, 0.2) is 5.01 Å². The summed E-state index contributed by atoms with van der Waals surface area (Å²) in [6.07, 6.45) is 0. The molecule has 0 aliphatic carbocycles. The van der Waals surface area contributed by atoms with Crippen molar-refractivity contribution in [1.82, 2.24) is 4.98 Å². The van der Waals surface area contributed by atoms with Gasteiger partial charge in [0.2, 0.25) is 15.8 Å². The summed E-state index contributed by atoms with van der Waals surface area (Å²) < 4.78 is 49.7. The number of carbonyl (C=O) groups excluding carboxylic acids is 1. The van der Waals surface area contributed by atoms with Crippen LogP contribution in [0.1, 0.15) is 15.4 Å². The minimum atomic E-state index is -3.86. The van der Waals surface area contributed by atoms with Gasteiger partial charge in [0, 0.05) is 11.1 Å². The largest absolute Gasteiger partial charge is 0.286 e. The lowest BCUT2D eigenvalue weighted by molar-refractivity contribution is 0.103. The Hall–Kier alpha value is -3.27. The topological polar surface area (TPSA) is 90.1 Å². The molecule has 1 heterocycles. The number of primary sulfonamides is 1. The molecule has 0 radical (unpaired) electrons. The van der Waals surface area contributed by atoms with Crippen molar-refractivity contribution in [1.29, 1.82) is 0 Å². The first-order chi connectivity index (χ1) is 14.7. The van der Waals surface area contributed by atoms with Crippen LogP contribution in [-0.4, -0.2) is 19.2 Å². The predicted molar refractivity (Wildman–Crippen MR) is 114 cm³/mol. The van der Waals surface area contributed by atoms with Crippen molar-refractivity contribution in [3.63, 3.8) is 0 Å². The Morgan fingerprint density at radius 1 is 0.806 bits per heavy atom.